The molecule has 1 N–H and O–H groups in total. The third kappa shape index (κ3) is 6.43. The van der Waals surface area contributed by atoms with E-state index >= 15 is 0 Å². The molecule has 0 fully saturated rings. The highest BCUT2D eigenvalue weighted by Crippen LogP contribution is 2.22. The Bertz CT molecular complexity index is 925. The molecule has 3 aromatic rings. The van der Waals surface area contributed by atoms with Gasteiger partial charge in [-0.15, -0.1) is 11.3 Å². The van der Waals surface area contributed by atoms with E-state index in [-0.39, 0.29) is 12.6 Å². The lowest BCUT2D eigenvalue weighted by atomic mass is 10.1. The number of fused-ring (bicyclic) bond motifs is 1. The van der Waals surface area contributed by atoms with Crippen molar-refractivity contribution < 1.29 is 22.7 Å². The van der Waals surface area contributed by atoms with Gasteiger partial charge in [0.25, 0.3) is 0 Å². The predicted molar refractivity (Wildman–Crippen MR) is 105 cm³/mol. The highest BCUT2D eigenvalue weighted by molar-refractivity contribution is 7.18. The lowest BCUT2D eigenvalue weighted by Gasteiger charge is -2.16. The second kappa shape index (κ2) is 9.23. The summed E-state index contributed by atoms with van der Waals surface area (Å²) < 4.78 is 42.0. The molecule has 0 bridgehead atoms. The Morgan fingerprint density at radius 2 is 1.83 bits per heavy atom. The molecule has 154 valence electrons. The number of para-hydroxylation sites is 1. The number of urea groups is 1. The number of nitrogens with zero attached hydrogens (tertiary/aromatic N) is 2. The van der Waals surface area contributed by atoms with Crippen molar-refractivity contribution in [2.45, 2.75) is 25.9 Å². The third-order valence-corrected chi connectivity index (χ3v) is 5.08. The van der Waals surface area contributed by atoms with Gasteiger partial charge in [0.05, 0.1) is 23.4 Å². The van der Waals surface area contributed by atoms with Crippen molar-refractivity contribution in [3.8, 4) is 0 Å². The maximum atomic E-state index is 12.3. The molecule has 0 aliphatic heterocycles. The lowest BCUT2D eigenvalue weighted by molar-refractivity contribution is -0.176. The maximum absolute atomic E-state index is 12.3. The fourth-order valence-corrected chi connectivity index (χ4v) is 3.63. The topological polar surface area (TPSA) is 54.5 Å². The normalized spacial score (nSPS) is 11.6. The van der Waals surface area contributed by atoms with Crippen molar-refractivity contribution in [3.63, 3.8) is 0 Å². The van der Waals surface area contributed by atoms with Gasteiger partial charge in [0.15, 0.2) is 0 Å². The van der Waals surface area contributed by atoms with Gasteiger partial charge >= 0.3 is 12.2 Å². The molecule has 0 spiro atoms. The monoisotopic (exact) mass is 423 g/mol. The summed E-state index contributed by atoms with van der Waals surface area (Å²) in [5.41, 5.74) is 2.39. The number of aromatic nitrogens is 1. The van der Waals surface area contributed by atoms with Gasteiger partial charge in [-0.3, -0.25) is 0 Å². The van der Waals surface area contributed by atoms with Crippen LogP contribution >= 0.6 is 11.3 Å². The van der Waals surface area contributed by atoms with E-state index in [0.717, 1.165) is 20.8 Å². The van der Waals surface area contributed by atoms with E-state index in [1.807, 2.05) is 24.3 Å². The quantitative estimate of drug-likeness (QED) is 0.599. The Labute approximate surface area is 170 Å². The van der Waals surface area contributed by atoms with Crippen LogP contribution in [-0.4, -0.2) is 35.7 Å². The molecular formula is C20H20F3N3O2S. The fraction of sp³-hybridized carbons (Fsp3) is 0.300. The standard InChI is InChI=1S/C20H20F3N3O2S/c1-26(11-18-25-16-4-2-3-5-17(16)29-18)19(27)24-10-14-6-8-15(9-7-14)12-28-13-20(21,22)23/h2-9H,10-13H2,1H3,(H,24,27). The fourth-order valence-electron chi connectivity index (χ4n) is 2.61. The van der Waals surface area contributed by atoms with Crippen LogP contribution in [0.5, 0.6) is 0 Å². The SMILES string of the molecule is CN(Cc1nc2ccccc2s1)C(=O)NCc1ccc(COCC(F)(F)F)cc1. The minimum Gasteiger partial charge on any atom is -0.367 e. The highest BCUT2D eigenvalue weighted by Gasteiger charge is 2.27. The molecule has 0 radical (unpaired) electrons. The van der Waals surface area contributed by atoms with Gasteiger partial charge in [0.1, 0.15) is 11.6 Å². The van der Waals surface area contributed by atoms with Crippen LogP contribution in [0.1, 0.15) is 16.1 Å². The number of hydrogen-bond donors (Lipinski definition) is 1. The van der Waals surface area contributed by atoms with E-state index < -0.39 is 12.8 Å². The molecule has 0 aliphatic carbocycles. The Balaban J connectivity index is 1.45. The molecule has 5 nitrogen and oxygen atoms in total. The van der Waals surface area contributed by atoms with E-state index in [1.54, 1.807) is 47.5 Å². The smallest absolute Gasteiger partial charge is 0.367 e. The minimum absolute atomic E-state index is 0.114. The van der Waals surface area contributed by atoms with Crippen LogP contribution in [0.4, 0.5) is 18.0 Å². The first-order valence-corrected chi connectivity index (χ1v) is 9.67. The number of alkyl halides is 3. The van der Waals surface area contributed by atoms with E-state index in [0.29, 0.717) is 18.7 Å². The third-order valence-electron chi connectivity index (χ3n) is 4.06. The molecule has 0 saturated heterocycles. The number of thiazole rings is 1. The Hall–Kier alpha value is -2.65. The van der Waals surface area contributed by atoms with Crippen LogP contribution in [-0.2, 0) is 24.4 Å². The summed E-state index contributed by atoms with van der Waals surface area (Å²) in [5.74, 6) is 0. The Morgan fingerprint density at radius 3 is 2.52 bits per heavy atom. The number of benzene rings is 2. The van der Waals surface area contributed by atoms with Crippen molar-refractivity contribution in [1.82, 2.24) is 15.2 Å². The molecule has 0 atom stereocenters. The zero-order valence-electron chi connectivity index (χ0n) is 15.7. The van der Waals surface area contributed by atoms with Gasteiger partial charge in [-0.2, -0.15) is 13.2 Å². The predicted octanol–water partition coefficient (Wildman–Crippen LogP) is 4.72. The van der Waals surface area contributed by atoms with Crippen molar-refractivity contribution in [1.29, 1.82) is 0 Å². The average Bonchev–Trinajstić information content (AvgIpc) is 3.08. The second-order valence-corrected chi connectivity index (χ2v) is 7.63. The molecule has 0 saturated carbocycles. The first kappa shape index (κ1) is 21.1. The Kier molecular flexibility index (Phi) is 6.71. The van der Waals surface area contributed by atoms with E-state index in [4.69, 9.17) is 0 Å². The summed E-state index contributed by atoms with van der Waals surface area (Å²) in [7, 11) is 1.70. The number of halogens is 3. The summed E-state index contributed by atoms with van der Waals surface area (Å²) in [4.78, 5) is 18.4. The first-order chi connectivity index (χ1) is 13.8. The van der Waals surface area contributed by atoms with Crippen LogP contribution in [0.15, 0.2) is 48.5 Å². The molecule has 9 heteroatoms. The van der Waals surface area contributed by atoms with Gasteiger partial charge in [0.2, 0.25) is 0 Å². The number of ether oxygens (including phenoxy) is 1. The van der Waals surface area contributed by atoms with Crippen LogP contribution in [0.3, 0.4) is 0 Å². The summed E-state index contributed by atoms with van der Waals surface area (Å²) in [6, 6.07) is 14.4. The molecule has 1 aromatic heterocycles. The number of carbonyl (C=O) groups excluding carboxylic acids is 1. The molecule has 2 aromatic carbocycles. The van der Waals surface area contributed by atoms with Crippen LogP contribution in [0.25, 0.3) is 10.2 Å². The minimum atomic E-state index is -4.33. The zero-order valence-corrected chi connectivity index (χ0v) is 16.5. The van der Waals surface area contributed by atoms with Gasteiger partial charge in [-0.25, -0.2) is 9.78 Å². The van der Waals surface area contributed by atoms with Crippen molar-refractivity contribution >= 4 is 27.6 Å². The maximum Gasteiger partial charge on any atom is 0.411 e. The number of rotatable bonds is 7. The van der Waals surface area contributed by atoms with Gasteiger partial charge in [-0.1, -0.05) is 36.4 Å². The van der Waals surface area contributed by atoms with Crippen LogP contribution in [0.2, 0.25) is 0 Å². The number of carbonyl (C=O) groups is 1. The first-order valence-electron chi connectivity index (χ1n) is 8.86. The number of hydrogen-bond acceptors (Lipinski definition) is 4. The average molecular weight is 423 g/mol. The highest BCUT2D eigenvalue weighted by atomic mass is 32.1. The summed E-state index contributed by atoms with van der Waals surface area (Å²) >= 11 is 1.55. The van der Waals surface area contributed by atoms with Crippen LogP contribution < -0.4 is 5.32 Å². The summed E-state index contributed by atoms with van der Waals surface area (Å²) in [5, 5.41) is 3.67. The summed E-state index contributed by atoms with van der Waals surface area (Å²) in [6.45, 7) is -0.670. The molecule has 3 rings (SSSR count). The lowest BCUT2D eigenvalue weighted by Crippen LogP contribution is -2.36. The van der Waals surface area contributed by atoms with Crippen LogP contribution in [0, 0.1) is 0 Å². The van der Waals surface area contributed by atoms with Gasteiger partial charge in [-0.05, 0) is 23.3 Å². The summed E-state index contributed by atoms with van der Waals surface area (Å²) in [6.07, 6.45) is -4.33. The van der Waals surface area contributed by atoms with E-state index in [9.17, 15) is 18.0 Å². The molecule has 0 aliphatic rings. The zero-order chi connectivity index (χ0) is 20.9. The van der Waals surface area contributed by atoms with Crippen molar-refractivity contribution in [2.24, 2.45) is 0 Å². The number of amides is 2. The number of nitrogens with one attached hydrogen (secondary N) is 1. The molecular weight excluding hydrogens is 403 g/mol. The largest absolute Gasteiger partial charge is 0.411 e. The van der Waals surface area contributed by atoms with E-state index in [1.165, 1.54) is 0 Å². The molecule has 0 unspecified atom stereocenters. The van der Waals surface area contributed by atoms with Crippen molar-refractivity contribution in [2.75, 3.05) is 13.7 Å². The van der Waals surface area contributed by atoms with E-state index in [2.05, 4.69) is 15.0 Å². The van der Waals surface area contributed by atoms with Crippen molar-refractivity contribution in [3.05, 3.63) is 64.7 Å². The van der Waals surface area contributed by atoms with Gasteiger partial charge in [0, 0.05) is 13.6 Å². The molecule has 29 heavy (non-hydrogen) atoms. The Morgan fingerprint density at radius 1 is 1.14 bits per heavy atom. The molecule has 2 amide bonds. The van der Waals surface area contributed by atoms with Gasteiger partial charge < -0.3 is 15.0 Å². The second-order valence-electron chi connectivity index (χ2n) is 6.51. The molecule has 1 heterocycles.